The molecule has 0 saturated heterocycles. The van der Waals surface area contributed by atoms with Crippen LogP contribution in [0, 0.1) is 11.6 Å². The molecule has 0 aliphatic heterocycles. The van der Waals surface area contributed by atoms with Gasteiger partial charge in [-0.15, -0.1) is 0 Å². The van der Waals surface area contributed by atoms with Crippen molar-refractivity contribution in [1.29, 1.82) is 0 Å². The number of nitrogens with one attached hydrogen (secondary N) is 1. The molecular formula is C14H20F2N2O2. The second-order valence-electron chi connectivity index (χ2n) is 4.70. The molecule has 0 aliphatic rings. The van der Waals surface area contributed by atoms with Crippen LogP contribution in [-0.4, -0.2) is 31.7 Å². The number of halogens is 2. The Balaban J connectivity index is 2.55. The van der Waals surface area contributed by atoms with Gasteiger partial charge in [-0.2, -0.15) is 0 Å². The summed E-state index contributed by atoms with van der Waals surface area (Å²) in [6, 6.07) is 2.58. The summed E-state index contributed by atoms with van der Waals surface area (Å²) in [4.78, 5) is 11.7. The van der Waals surface area contributed by atoms with Gasteiger partial charge in [-0.3, -0.25) is 4.79 Å². The zero-order valence-electron chi connectivity index (χ0n) is 11.7. The van der Waals surface area contributed by atoms with Crippen molar-refractivity contribution in [2.45, 2.75) is 31.8 Å². The van der Waals surface area contributed by atoms with E-state index in [1.165, 1.54) is 25.3 Å². The van der Waals surface area contributed by atoms with Crippen LogP contribution in [0.2, 0.25) is 0 Å². The molecule has 0 bridgehead atoms. The van der Waals surface area contributed by atoms with Gasteiger partial charge in [-0.25, -0.2) is 8.78 Å². The summed E-state index contributed by atoms with van der Waals surface area (Å²) in [6.45, 7) is 2.05. The normalized spacial score (nSPS) is 13.8. The number of methoxy groups -OCH3 is 1. The Kier molecular flexibility index (Phi) is 6.54. The number of benzene rings is 1. The number of carbonyl (C=O) groups excluding carboxylic acids is 1. The third-order valence-electron chi connectivity index (χ3n) is 2.93. The number of carbonyl (C=O) groups is 1. The monoisotopic (exact) mass is 286 g/mol. The molecule has 0 aromatic heterocycles. The highest BCUT2D eigenvalue weighted by Crippen LogP contribution is 2.14. The van der Waals surface area contributed by atoms with Crippen molar-refractivity contribution in [2.75, 3.05) is 13.7 Å². The van der Waals surface area contributed by atoms with Crippen LogP contribution < -0.4 is 11.1 Å². The molecule has 0 heterocycles. The zero-order chi connectivity index (χ0) is 15.1. The summed E-state index contributed by atoms with van der Waals surface area (Å²) >= 11 is 0. The van der Waals surface area contributed by atoms with E-state index < -0.39 is 23.7 Å². The van der Waals surface area contributed by atoms with Crippen LogP contribution in [0.4, 0.5) is 8.78 Å². The number of rotatable bonds is 7. The van der Waals surface area contributed by atoms with Crippen LogP contribution in [0.15, 0.2) is 18.2 Å². The maximum absolute atomic E-state index is 13.5. The van der Waals surface area contributed by atoms with E-state index in [1.54, 1.807) is 6.92 Å². The van der Waals surface area contributed by atoms with Gasteiger partial charge in [0.1, 0.15) is 11.6 Å². The van der Waals surface area contributed by atoms with Gasteiger partial charge in [0.15, 0.2) is 0 Å². The molecule has 3 N–H and O–H groups in total. The van der Waals surface area contributed by atoms with E-state index in [9.17, 15) is 13.6 Å². The fourth-order valence-electron chi connectivity index (χ4n) is 1.81. The van der Waals surface area contributed by atoms with Crippen LogP contribution in [0.1, 0.15) is 18.9 Å². The molecule has 1 amide bonds. The Morgan fingerprint density at radius 1 is 1.40 bits per heavy atom. The number of nitrogens with two attached hydrogens (primary N) is 1. The van der Waals surface area contributed by atoms with Crippen LogP contribution in [0.25, 0.3) is 0 Å². The molecule has 1 rings (SSSR count). The van der Waals surface area contributed by atoms with Crippen molar-refractivity contribution in [1.82, 2.24) is 5.32 Å². The van der Waals surface area contributed by atoms with Gasteiger partial charge >= 0.3 is 0 Å². The van der Waals surface area contributed by atoms with Gasteiger partial charge in [0.05, 0.1) is 6.04 Å². The van der Waals surface area contributed by atoms with Crippen LogP contribution in [-0.2, 0) is 16.0 Å². The van der Waals surface area contributed by atoms with Gasteiger partial charge in [0, 0.05) is 25.3 Å². The molecule has 0 saturated carbocycles. The first-order valence-corrected chi connectivity index (χ1v) is 6.43. The van der Waals surface area contributed by atoms with Gasteiger partial charge in [-0.05, 0) is 31.9 Å². The van der Waals surface area contributed by atoms with Crippen LogP contribution in [0.3, 0.4) is 0 Å². The Bertz CT molecular complexity index is 435. The predicted octanol–water partition coefficient (Wildman–Crippen LogP) is 1.38. The lowest BCUT2D eigenvalue weighted by molar-refractivity contribution is -0.123. The molecule has 2 unspecified atom stereocenters. The Labute approximate surface area is 117 Å². The highest BCUT2D eigenvalue weighted by atomic mass is 19.1. The van der Waals surface area contributed by atoms with Gasteiger partial charge in [-0.1, -0.05) is 6.07 Å². The quantitative estimate of drug-likeness (QED) is 0.796. The summed E-state index contributed by atoms with van der Waals surface area (Å²) in [5.41, 5.74) is 5.63. The third-order valence-corrected chi connectivity index (χ3v) is 2.93. The first kappa shape index (κ1) is 16.5. The smallest absolute Gasteiger partial charge is 0.237 e. The second kappa shape index (κ2) is 7.91. The fourth-order valence-corrected chi connectivity index (χ4v) is 1.81. The number of hydrogen-bond acceptors (Lipinski definition) is 3. The maximum Gasteiger partial charge on any atom is 0.237 e. The maximum atomic E-state index is 13.5. The van der Waals surface area contributed by atoms with E-state index in [2.05, 4.69) is 5.32 Å². The summed E-state index contributed by atoms with van der Waals surface area (Å²) in [6.07, 6.45) is 0.463. The Morgan fingerprint density at radius 2 is 2.00 bits per heavy atom. The van der Waals surface area contributed by atoms with Crippen LogP contribution in [0.5, 0.6) is 0 Å². The Morgan fingerprint density at radius 3 is 2.55 bits per heavy atom. The molecule has 4 nitrogen and oxygen atoms in total. The lowest BCUT2D eigenvalue weighted by Crippen LogP contribution is -2.45. The molecule has 0 aliphatic carbocycles. The minimum absolute atomic E-state index is 0.0363. The van der Waals surface area contributed by atoms with Crippen molar-refractivity contribution in [3.05, 3.63) is 35.4 Å². The van der Waals surface area contributed by atoms with Crippen molar-refractivity contribution in [3.63, 3.8) is 0 Å². The van der Waals surface area contributed by atoms with Gasteiger partial charge in [0.2, 0.25) is 5.91 Å². The average molecular weight is 286 g/mol. The molecule has 0 radical (unpaired) electrons. The SMILES string of the molecule is COCCC(N)C(=O)NC(C)Cc1c(F)cccc1F. The number of ether oxygens (including phenoxy) is 1. The van der Waals surface area contributed by atoms with E-state index in [0.29, 0.717) is 13.0 Å². The molecule has 6 heteroatoms. The summed E-state index contributed by atoms with van der Waals surface area (Å²) in [5.74, 6) is -1.59. The molecule has 1 aromatic carbocycles. The van der Waals surface area contributed by atoms with Crippen LogP contribution >= 0.6 is 0 Å². The standard InChI is InChI=1S/C14H20F2N2O2/c1-9(18-14(19)13(17)6-7-20-2)8-10-11(15)4-3-5-12(10)16/h3-5,9,13H,6-8,17H2,1-2H3,(H,18,19). The first-order valence-electron chi connectivity index (χ1n) is 6.43. The lowest BCUT2D eigenvalue weighted by Gasteiger charge is -2.18. The topological polar surface area (TPSA) is 64.3 Å². The first-order chi connectivity index (χ1) is 9.45. The van der Waals surface area contributed by atoms with Gasteiger partial charge in [0.25, 0.3) is 0 Å². The minimum atomic E-state index is -0.692. The molecule has 0 fully saturated rings. The molecule has 1 aromatic rings. The van der Waals surface area contributed by atoms with Gasteiger partial charge < -0.3 is 15.8 Å². The molecule has 0 spiro atoms. The average Bonchev–Trinajstić information content (AvgIpc) is 2.40. The summed E-state index contributed by atoms with van der Waals surface area (Å²) in [7, 11) is 1.52. The summed E-state index contributed by atoms with van der Waals surface area (Å²) in [5, 5.41) is 2.64. The van der Waals surface area contributed by atoms with E-state index in [1.807, 2.05) is 0 Å². The predicted molar refractivity (Wildman–Crippen MR) is 72.1 cm³/mol. The number of amides is 1. The van der Waals surface area contributed by atoms with E-state index >= 15 is 0 Å². The van der Waals surface area contributed by atoms with Crippen molar-refractivity contribution >= 4 is 5.91 Å². The van der Waals surface area contributed by atoms with E-state index in [4.69, 9.17) is 10.5 Å². The molecule has 20 heavy (non-hydrogen) atoms. The highest BCUT2D eigenvalue weighted by molar-refractivity contribution is 5.81. The lowest BCUT2D eigenvalue weighted by atomic mass is 10.1. The zero-order valence-corrected chi connectivity index (χ0v) is 11.7. The summed E-state index contributed by atoms with van der Waals surface area (Å²) < 4.78 is 31.8. The van der Waals surface area contributed by atoms with Crippen molar-refractivity contribution < 1.29 is 18.3 Å². The fraction of sp³-hybridized carbons (Fsp3) is 0.500. The Hall–Kier alpha value is -1.53. The second-order valence-corrected chi connectivity index (χ2v) is 4.70. The molecule has 2 atom stereocenters. The minimum Gasteiger partial charge on any atom is -0.385 e. The number of hydrogen-bond donors (Lipinski definition) is 2. The third kappa shape index (κ3) is 4.86. The van der Waals surface area contributed by atoms with E-state index in [-0.39, 0.29) is 17.9 Å². The highest BCUT2D eigenvalue weighted by Gasteiger charge is 2.18. The molecule has 112 valence electrons. The van der Waals surface area contributed by atoms with Crippen molar-refractivity contribution in [3.8, 4) is 0 Å². The van der Waals surface area contributed by atoms with E-state index in [0.717, 1.165) is 0 Å². The van der Waals surface area contributed by atoms with Crippen molar-refractivity contribution in [2.24, 2.45) is 5.73 Å². The largest absolute Gasteiger partial charge is 0.385 e. The molecular weight excluding hydrogens is 266 g/mol.